The molecule has 1 aliphatic heterocycles. The first-order valence-corrected chi connectivity index (χ1v) is 14.2. The van der Waals surface area contributed by atoms with Crippen LogP contribution in [-0.4, -0.2) is 118 Å². The fraction of sp³-hybridized carbons (Fsp3) is 0.323. The molecule has 1 atom stereocenters. The van der Waals surface area contributed by atoms with Crippen LogP contribution >= 0.6 is 0 Å². The number of pyridine rings is 1. The van der Waals surface area contributed by atoms with Gasteiger partial charge in [-0.25, -0.2) is 24.0 Å². The van der Waals surface area contributed by atoms with Crippen molar-refractivity contribution in [2.45, 2.75) is 25.0 Å². The number of aliphatic carboxylic acids is 4. The van der Waals surface area contributed by atoms with Gasteiger partial charge >= 0.3 is 29.8 Å². The van der Waals surface area contributed by atoms with Crippen molar-refractivity contribution in [2.24, 2.45) is 0 Å². The van der Waals surface area contributed by atoms with Gasteiger partial charge in [-0.2, -0.15) is 0 Å². The van der Waals surface area contributed by atoms with E-state index in [2.05, 4.69) is 20.5 Å². The van der Waals surface area contributed by atoms with Gasteiger partial charge in [0.05, 0.1) is 43.6 Å². The number of fused-ring (bicyclic) bond motifs is 1. The third kappa shape index (κ3) is 12.3. The van der Waals surface area contributed by atoms with Crippen LogP contribution in [-0.2, 0) is 28.7 Å². The van der Waals surface area contributed by atoms with Crippen LogP contribution in [0.2, 0.25) is 0 Å². The molecule has 17 heteroatoms. The number of hydrogen-bond acceptors (Lipinski definition) is 12. The van der Waals surface area contributed by atoms with Crippen LogP contribution in [0.25, 0.3) is 10.9 Å². The zero-order chi connectivity index (χ0) is 35.8. The van der Waals surface area contributed by atoms with Crippen molar-refractivity contribution < 1.29 is 63.8 Å². The molecule has 17 nitrogen and oxygen atoms in total. The molecular formula is C31H36N4O13. The molecule has 258 valence electrons. The summed E-state index contributed by atoms with van der Waals surface area (Å²) in [4.78, 5) is 67.4. The van der Waals surface area contributed by atoms with Gasteiger partial charge in [0, 0.05) is 24.2 Å². The van der Waals surface area contributed by atoms with Crippen LogP contribution in [0.3, 0.4) is 0 Å². The van der Waals surface area contributed by atoms with Gasteiger partial charge in [-0.05, 0) is 67.9 Å². The van der Waals surface area contributed by atoms with Crippen molar-refractivity contribution >= 4 is 52.3 Å². The van der Waals surface area contributed by atoms with E-state index in [1.807, 2.05) is 24.3 Å². The summed E-state index contributed by atoms with van der Waals surface area (Å²) in [5.74, 6) is -7.28. The number of aliphatic hydroxyl groups excluding tert-OH is 1. The molecule has 0 spiro atoms. The second kappa shape index (κ2) is 19.1. The standard InChI is InChI=1S/C27H32N4O5.2C2H2O4/c1-35-19-7-8-23-22(15-19)20(9-12-28-23)25(32)17-31-13-10-18(11-14-31)29-16-26(33)30-24-6-4-3-5-21(24)27(34)36-2;2*3-1(4)2(5)6/h3-9,12,15,18,25,29,32H,10-11,13-14,16-17H2,1-2H3,(H,30,33);2*(H,3,4)(H,5,6)/t25-;;/m0../s1. The summed E-state index contributed by atoms with van der Waals surface area (Å²) in [6.07, 6.45) is 2.80. The van der Waals surface area contributed by atoms with Gasteiger partial charge in [0.15, 0.2) is 0 Å². The van der Waals surface area contributed by atoms with Gasteiger partial charge in [0.25, 0.3) is 0 Å². The number of methoxy groups -OCH3 is 2. The normalized spacial score (nSPS) is 13.4. The number of aliphatic hydroxyl groups is 1. The highest BCUT2D eigenvalue weighted by Crippen LogP contribution is 2.27. The van der Waals surface area contributed by atoms with Gasteiger partial charge in [0.2, 0.25) is 5.91 Å². The summed E-state index contributed by atoms with van der Waals surface area (Å²) in [5.41, 5.74) is 2.41. The van der Waals surface area contributed by atoms with Crippen molar-refractivity contribution in [2.75, 3.05) is 45.7 Å². The number of β-amino-alcohol motifs (C(OH)–C–C–N with tert-alkyl or cyclic N) is 1. The monoisotopic (exact) mass is 672 g/mol. The van der Waals surface area contributed by atoms with E-state index >= 15 is 0 Å². The summed E-state index contributed by atoms with van der Waals surface area (Å²) >= 11 is 0. The third-order valence-electron chi connectivity index (χ3n) is 6.88. The van der Waals surface area contributed by atoms with E-state index in [1.165, 1.54) is 7.11 Å². The van der Waals surface area contributed by atoms with E-state index < -0.39 is 36.0 Å². The average molecular weight is 673 g/mol. The lowest BCUT2D eigenvalue weighted by atomic mass is 10.0. The van der Waals surface area contributed by atoms with E-state index in [-0.39, 0.29) is 18.5 Å². The minimum atomic E-state index is -1.82. The van der Waals surface area contributed by atoms with Gasteiger partial charge in [-0.15, -0.1) is 0 Å². The number of ether oxygens (including phenoxy) is 2. The van der Waals surface area contributed by atoms with Gasteiger partial charge in [-0.3, -0.25) is 9.78 Å². The molecule has 0 radical (unpaired) electrons. The number of anilines is 1. The predicted octanol–water partition coefficient (Wildman–Crippen LogP) is 1.07. The molecule has 0 saturated carbocycles. The first kappa shape index (κ1) is 38.5. The lowest BCUT2D eigenvalue weighted by Gasteiger charge is -2.33. The van der Waals surface area contributed by atoms with Crippen LogP contribution in [0.4, 0.5) is 5.69 Å². The van der Waals surface area contributed by atoms with Crippen LogP contribution in [0.5, 0.6) is 5.75 Å². The molecule has 7 N–H and O–H groups in total. The molecular weight excluding hydrogens is 636 g/mol. The third-order valence-corrected chi connectivity index (χ3v) is 6.88. The quantitative estimate of drug-likeness (QED) is 0.124. The minimum absolute atomic E-state index is 0.146. The summed E-state index contributed by atoms with van der Waals surface area (Å²) < 4.78 is 10.1. The van der Waals surface area contributed by atoms with Gasteiger partial charge in [0.1, 0.15) is 5.75 Å². The summed E-state index contributed by atoms with van der Waals surface area (Å²) in [5, 5.41) is 47.5. The number of aromatic nitrogens is 1. The van der Waals surface area contributed by atoms with Crippen LogP contribution in [0.1, 0.15) is 34.9 Å². The molecule has 1 fully saturated rings. The number of carbonyl (C=O) groups excluding carboxylic acids is 2. The highest BCUT2D eigenvalue weighted by Gasteiger charge is 2.23. The molecule has 0 unspecified atom stereocenters. The number of rotatable bonds is 9. The number of hydrogen-bond donors (Lipinski definition) is 7. The smallest absolute Gasteiger partial charge is 0.414 e. The zero-order valence-electron chi connectivity index (χ0n) is 26.0. The second-order valence-electron chi connectivity index (χ2n) is 10.1. The lowest BCUT2D eigenvalue weighted by Crippen LogP contribution is -2.45. The van der Waals surface area contributed by atoms with Crippen molar-refractivity contribution in [3.8, 4) is 5.75 Å². The Kier molecular flexibility index (Phi) is 15.3. The minimum Gasteiger partial charge on any atom is -0.497 e. The molecule has 0 bridgehead atoms. The van der Waals surface area contributed by atoms with Crippen molar-refractivity contribution in [3.05, 3.63) is 65.9 Å². The number of likely N-dealkylation sites (tertiary alicyclic amines) is 1. The van der Waals surface area contributed by atoms with E-state index in [0.29, 0.717) is 17.8 Å². The van der Waals surface area contributed by atoms with Crippen LogP contribution < -0.4 is 15.4 Å². The number of carboxylic acid groups (broad SMARTS) is 4. The van der Waals surface area contributed by atoms with E-state index in [0.717, 1.165) is 48.1 Å². The number of carbonyl (C=O) groups is 6. The number of nitrogens with zero attached hydrogens (tertiary/aromatic N) is 2. The SMILES string of the molecule is COC(=O)c1ccccc1NC(=O)CNC1CCN(C[C@H](O)c2ccnc3ccc(OC)cc23)CC1.O=C(O)C(=O)O.O=C(O)C(=O)O. The maximum atomic E-state index is 12.5. The maximum absolute atomic E-state index is 12.5. The molecule has 2 aromatic carbocycles. The molecule has 1 amide bonds. The lowest BCUT2D eigenvalue weighted by molar-refractivity contribution is -0.159. The Morgan fingerprint density at radius 2 is 1.50 bits per heavy atom. The Hall–Kier alpha value is -5.65. The summed E-state index contributed by atoms with van der Waals surface area (Å²) in [6.45, 7) is 2.29. The second-order valence-corrected chi connectivity index (χ2v) is 10.1. The van der Waals surface area contributed by atoms with Crippen LogP contribution in [0, 0.1) is 0 Å². The number of esters is 1. The Balaban J connectivity index is 0.000000570. The Labute approximate surface area is 273 Å². The van der Waals surface area contributed by atoms with E-state index in [9.17, 15) is 14.7 Å². The Morgan fingerprint density at radius 3 is 2.06 bits per heavy atom. The number of piperidine rings is 1. The summed E-state index contributed by atoms with van der Waals surface area (Å²) in [6, 6.07) is 14.5. The molecule has 3 aromatic rings. The molecule has 0 aliphatic carbocycles. The molecule has 4 rings (SSSR count). The number of benzene rings is 2. The first-order chi connectivity index (χ1) is 22.8. The Morgan fingerprint density at radius 1 is 0.896 bits per heavy atom. The molecule has 2 heterocycles. The van der Waals surface area contributed by atoms with Gasteiger partial charge in [-0.1, -0.05) is 12.1 Å². The highest BCUT2D eigenvalue weighted by atomic mass is 16.5. The number of carboxylic acids is 4. The van der Waals surface area contributed by atoms with E-state index in [4.69, 9.17) is 49.1 Å². The molecule has 1 aromatic heterocycles. The average Bonchev–Trinajstić information content (AvgIpc) is 3.07. The van der Waals surface area contributed by atoms with E-state index in [1.54, 1.807) is 37.6 Å². The topological polar surface area (TPSA) is 262 Å². The van der Waals surface area contributed by atoms with Crippen molar-refractivity contribution in [1.29, 1.82) is 0 Å². The largest absolute Gasteiger partial charge is 0.497 e. The number of para-hydroxylation sites is 1. The predicted molar refractivity (Wildman–Crippen MR) is 168 cm³/mol. The van der Waals surface area contributed by atoms with Crippen molar-refractivity contribution in [1.82, 2.24) is 15.2 Å². The molecule has 1 aliphatic rings. The molecule has 1 saturated heterocycles. The Bertz CT molecular complexity index is 1560. The number of nitrogens with one attached hydrogen (secondary N) is 2. The van der Waals surface area contributed by atoms with Gasteiger partial charge < -0.3 is 50.5 Å². The fourth-order valence-corrected chi connectivity index (χ4v) is 4.54. The zero-order valence-corrected chi connectivity index (χ0v) is 26.0. The maximum Gasteiger partial charge on any atom is 0.414 e. The summed E-state index contributed by atoms with van der Waals surface area (Å²) in [7, 11) is 2.93. The highest BCUT2D eigenvalue weighted by molar-refractivity contribution is 6.27. The van der Waals surface area contributed by atoms with Crippen LogP contribution in [0.15, 0.2) is 54.7 Å². The van der Waals surface area contributed by atoms with Crippen molar-refractivity contribution in [3.63, 3.8) is 0 Å². The molecule has 48 heavy (non-hydrogen) atoms. The fourth-order valence-electron chi connectivity index (χ4n) is 4.54. The number of amides is 1. The first-order valence-electron chi connectivity index (χ1n) is 14.2.